The molecule has 1 fully saturated rings. The Morgan fingerprint density at radius 1 is 1.10 bits per heavy atom. The van der Waals surface area contributed by atoms with Crippen molar-refractivity contribution in [1.82, 2.24) is 10.2 Å². The van der Waals surface area contributed by atoms with Gasteiger partial charge in [-0.3, -0.25) is 24.1 Å². The van der Waals surface area contributed by atoms with E-state index in [4.69, 9.17) is 0 Å². The zero-order valence-corrected chi connectivity index (χ0v) is 25.2. The Balaban J connectivity index is 1.89. The molecule has 0 bridgehead atoms. The van der Waals surface area contributed by atoms with Crippen molar-refractivity contribution in [3.8, 4) is 5.75 Å². The van der Waals surface area contributed by atoms with Gasteiger partial charge in [0, 0.05) is 36.8 Å². The number of hydrogen-bond donors (Lipinski definition) is 6. The van der Waals surface area contributed by atoms with Gasteiger partial charge in [-0.05, 0) is 72.2 Å². The summed E-state index contributed by atoms with van der Waals surface area (Å²) in [7, 11) is 6.69. The number of Topliss-reactive ketones (excluding diaryl/α,β-unsaturated/α-hetero) is 3. The average Bonchev–Trinajstić information content (AvgIpc) is 2.85. The molecule has 0 aliphatic heterocycles. The third-order valence-electron chi connectivity index (χ3n) is 8.34. The van der Waals surface area contributed by atoms with E-state index in [1.807, 2.05) is 20.8 Å². The van der Waals surface area contributed by atoms with Crippen molar-refractivity contribution in [2.45, 2.75) is 57.7 Å². The number of fused-ring (bicyclic) bond motifs is 3. The molecule has 12 heteroatoms. The lowest BCUT2D eigenvalue weighted by Gasteiger charge is -2.50. The molecule has 6 N–H and O–H groups in total. The molecule has 4 rings (SSSR count). The molecule has 0 heterocycles. The minimum Gasteiger partial charge on any atom is -0.508 e. The number of phenols is 1. The Kier molecular flexibility index (Phi) is 7.81. The van der Waals surface area contributed by atoms with Crippen LogP contribution >= 0.6 is 0 Å². The summed E-state index contributed by atoms with van der Waals surface area (Å²) in [5, 5.41) is 51.5. The summed E-state index contributed by atoms with van der Waals surface area (Å²) < 4.78 is 0. The number of carbonyl (C=O) groups is 4. The van der Waals surface area contributed by atoms with Gasteiger partial charge in [0.25, 0.3) is 0 Å². The van der Waals surface area contributed by atoms with E-state index >= 15 is 0 Å². The lowest BCUT2D eigenvalue weighted by Crippen LogP contribution is -2.65. The Labute approximate surface area is 244 Å². The van der Waals surface area contributed by atoms with Gasteiger partial charge in [0.05, 0.1) is 23.8 Å². The van der Waals surface area contributed by atoms with Crippen LogP contribution in [-0.2, 0) is 25.6 Å². The van der Waals surface area contributed by atoms with E-state index in [0.717, 1.165) is 6.92 Å². The van der Waals surface area contributed by atoms with Gasteiger partial charge in [-0.25, -0.2) is 0 Å². The first kappa shape index (κ1) is 31.2. The monoisotopic (exact) mass is 584 g/mol. The van der Waals surface area contributed by atoms with E-state index in [1.165, 1.54) is 4.90 Å². The number of anilines is 2. The van der Waals surface area contributed by atoms with E-state index in [0.29, 0.717) is 11.3 Å². The van der Waals surface area contributed by atoms with Crippen molar-refractivity contribution in [2.75, 3.05) is 45.0 Å². The largest absolute Gasteiger partial charge is 0.508 e. The maximum absolute atomic E-state index is 14.1. The zero-order chi connectivity index (χ0) is 31.6. The van der Waals surface area contributed by atoms with E-state index in [-0.39, 0.29) is 41.7 Å². The second kappa shape index (κ2) is 10.5. The molecule has 42 heavy (non-hydrogen) atoms. The fourth-order valence-electron chi connectivity index (χ4n) is 6.43. The van der Waals surface area contributed by atoms with Gasteiger partial charge in [-0.1, -0.05) is 0 Å². The second-order valence-electron chi connectivity index (χ2n) is 12.8. The van der Waals surface area contributed by atoms with Gasteiger partial charge in [0.2, 0.25) is 11.7 Å². The summed E-state index contributed by atoms with van der Waals surface area (Å²) >= 11 is 0. The van der Waals surface area contributed by atoms with Crippen LogP contribution < -0.4 is 15.5 Å². The smallest absolute Gasteiger partial charge is 0.238 e. The van der Waals surface area contributed by atoms with Gasteiger partial charge in [0.1, 0.15) is 22.8 Å². The SMILES string of the molecule is CC(=O)C1=C(O)[C@@]2(O)C(=O)C3=C(O)c4c(O)c(NC(=O)CNC(C)(C)C)cc(N(C)C)c4C[C@H]3C[C@H]2[C@H](N(C)C)C1=O. The number of amides is 1. The van der Waals surface area contributed by atoms with Crippen LogP contribution in [-0.4, -0.2) is 101 Å². The first-order valence-corrected chi connectivity index (χ1v) is 13.8. The fraction of sp³-hybridized carbons (Fsp3) is 0.533. The molecule has 0 aromatic heterocycles. The maximum Gasteiger partial charge on any atom is 0.238 e. The van der Waals surface area contributed by atoms with E-state index in [1.54, 1.807) is 39.2 Å². The van der Waals surface area contributed by atoms with E-state index in [2.05, 4.69) is 10.6 Å². The number of nitrogens with one attached hydrogen (secondary N) is 2. The number of aromatic hydroxyl groups is 1. The van der Waals surface area contributed by atoms with Crippen LogP contribution in [0.25, 0.3) is 5.76 Å². The molecule has 1 aromatic rings. The molecule has 1 saturated carbocycles. The number of likely N-dealkylation sites (N-methyl/N-ethyl adjacent to an activating group) is 1. The third-order valence-corrected chi connectivity index (χ3v) is 8.34. The second-order valence-corrected chi connectivity index (χ2v) is 12.8. The summed E-state index contributed by atoms with van der Waals surface area (Å²) in [5.74, 6) is -6.83. The molecule has 4 atom stereocenters. The summed E-state index contributed by atoms with van der Waals surface area (Å²) in [5.41, 5.74) is -2.83. The van der Waals surface area contributed by atoms with Crippen LogP contribution in [0.2, 0.25) is 0 Å². The van der Waals surface area contributed by atoms with Crippen molar-refractivity contribution in [1.29, 1.82) is 0 Å². The van der Waals surface area contributed by atoms with Crippen LogP contribution in [0.5, 0.6) is 5.75 Å². The molecule has 12 nitrogen and oxygen atoms in total. The lowest BCUT2D eigenvalue weighted by molar-refractivity contribution is -0.153. The highest BCUT2D eigenvalue weighted by molar-refractivity contribution is 6.25. The minimum absolute atomic E-state index is 0.0150. The van der Waals surface area contributed by atoms with Crippen molar-refractivity contribution in [3.05, 3.63) is 34.1 Å². The summed E-state index contributed by atoms with van der Waals surface area (Å²) in [6.07, 6.45) is 0.182. The number of hydrogen-bond acceptors (Lipinski definition) is 11. The van der Waals surface area contributed by atoms with Gasteiger partial charge in [-0.15, -0.1) is 0 Å². The van der Waals surface area contributed by atoms with Crippen molar-refractivity contribution in [2.24, 2.45) is 11.8 Å². The number of ketones is 3. The first-order chi connectivity index (χ1) is 19.3. The van der Waals surface area contributed by atoms with Crippen LogP contribution in [0, 0.1) is 11.8 Å². The van der Waals surface area contributed by atoms with Crippen molar-refractivity contribution >= 4 is 40.4 Å². The normalized spacial score (nSPS) is 25.7. The molecule has 3 aliphatic rings. The number of benzene rings is 1. The highest BCUT2D eigenvalue weighted by atomic mass is 16.3. The molecule has 1 aromatic carbocycles. The first-order valence-electron chi connectivity index (χ1n) is 13.8. The van der Waals surface area contributed by atoms with Gasteiger partial charge in [0.15, 0.2) is 17.2 Å². The Hall–Kier alpha value is -3.74. The van der Waals surface area contributed by atoms with Crippen LogP contribution in [0.3, 0.4) is 0 Å². The molecule has 3 aliphatic carbocycles. The molecule has 1 amide bonds. The van der Waals surface area contributed by atoms with E-state index < -0.39 is 69.6 Å². The highest BCUT2D eigenvalue weighted by Crippen LogP contribution is 2.54. The zero-order valence-electron chi connectivity index (χ0n) is 25.2. The molecule has 0 radical (unpaired) electrons. The van der Waals surface area contributed by atoms with Crippen LogP contribution in [0.15, 0.2) is 23.0 Å². The molecule has 0 saturated heterocycles. The molecular formula is C30H40N4O8. The maximum atomic E-state index is 14.1. The predicted octanol–water partition coefficient (Wildman–Crippen LogP) is 1.46. The number of rotatable bonds is 6. The number of aliphatic hydroxyl groups excluding tert-OH is 2. The number of carbonyl (C=O) groups excluding carboxylic acids is 4. The van der Waals surface area contributed by atoms with Crippen LogP contribution in [0.1, 0.15) is 45.2 Å². The molecular weight excluding hydrogens is 544 g/mol. The van der Waals surface area contributed by atoms with Crippen molar-refractivity contribution in [3.63, 3.8) is 0 Å². The van der Waals surface area contributed by atoms with E-state index in [9.17, 15) is 39.6 Å². The average molecular weight is 585 g/mol. The molecule has 0 spiro atoms. The highest BCUT2D eigenvalue weighted by Gasteiger charge is 2.64. The van der Waals surface area contributed by atoms with Gasteiger partial charge >= 0.3 is 0 Å². The van der Waals surface area contributed by atoms with Crippen molar-refractivity contribution < 1.29 is 39.6 Å². The number of phenolic OH excluding ortho intramolecular Hbond substituents is 1. The van der Waals surface area contributed by atoms with Gasteiger partial charge in [-0.2, -0.15) is 0 Å². The molecule has 0 unspecified atom stereocenters. The third kappa shape index (κ3) is 4.87. The Bertz CT molecular complexity index is 1450. The Morgan fingerprint density at radius 2 is 1.71 bits per heavy atom. The number of nitrogens with zero attached hydrogens (tertiary/aromatic N) is 2. The topological polar surface area (TPSA) is 180 Å². The van der Waals surface area contributed by atoms with Gasteiger partial charge < -0.3 is 36.0 Å². The fourth-order valence-corrected chi connectivity index (χ4v) is 6.43. The summed E-state index contributed by atoms with van der Waals surface area (Å²) in [6, 6.07) is 0.503. The lowest BCUT2D eigenvalue weighted by atomic mass is 9.57. The molecule has 228 valence electrons. The standard InChI is InChI=1S/C30H40N4O8/c1-13(35)20-26(39)23(34(7)8)16-10-14-9-15-18(33(5)6)11-17(32-19(36)12-31-29(2,3)4)24(37)22(15)25(38)21(14)28(41)30(16,42)27(20)40/h11,14,16,23,31,37-38,40,42H,9-10,12H2,1-8H3,(H,32,36)/t14-,16-,23-,30+/m0/s1. The summed E-state index contributed by atoms with van der Waals surface area (Å²) in [4.78, 5) is 55.7. The van der Waals surface area contributed by atoms with Crippen LogP contribution in [0.4, 0.5) is 11.4 Å². The summed E-state index contributed by atoms with van der Waals surface area (Å²) in [6.45, 7) is 6.72. The minimum atomic E-state index is -2.65. The predicted molar refractivity (Wildman–Crippen MR) is 156 cm³/mol. The Morgan fingerprint density at radius 3 is 2.24 bits per heavy atom. The quantitative estimate of drug-likeness (QED) is 0.211. The number of aliphatic hydroxyl groups is 3.